The summed E-state index contributed by atoms with van der Waals surface area (Å²) in [6, 6.07) is 15.5. The Hall–Kier alpha value is -2.04. The highest BCUT2D eigenvalue weighted by atomic mass is 35.5. The van der Waals surface area contributed by atoms with Crippen LogP contribution in [0.1, 0.15) is 4.88 Å². The van der Waals surface area contributed by atoms with Crippen molar-refractivity contribution in [1.29, 1.82) is 0 Å². The number of methoxy groups -OCH3 is 1. The molecule has 0 aliphatic carbocycles. The van der Waals surface area contributed by atoms with Crippen LogP contribution in [0.3, 0.4) is 0 Å². The lowest BCUT2D eigenvalue weighted by molar-refractivity contribution is 0.415. The van der Waals surface area contributed by atoms with E-state index in [9.17, 15) is 0 Å². The van der Waals surface area contributed by atoms with E-state index in [0.717, 1.165) is 32.7 Å². The third-order valence-electron chi connectivity index (χ3n) is 3.24. The Kier molecular flexibility index (Phi) is 4.32. The molecule has 2 aromatic carbocycles. The van der Waals surface area contributed by atoms with Crippen LogP contribution in [-0.4, -0.2) is 12.1 Å². The second-order valence-electron chi connectivity index (χ2n) is 4.79. The van der Waals surface area contributed by atoms with E-state index in [1.807, 2.05) is 48.5 Å². The molecule has 0 unspecified atom stereocenters. The van der Waals surface area contributed by atoms with Gasteiger partial charge in [0.05, 0.1) is 12.8 Å². The van der Waals surface area contributed by atoms with Crippen molar-refractivity contribution in [1.82, 2.24) is 4.98 Å². The topological polar surface area (TPSA) is 34.1 Å². The minimum atomic E-state index is 0.702. The van der Waals surface area contributed by atoms with Gasteiger partial charge in [0.2, 0.25) is 0 Å². The van der Waals surface area contributed by atoms with Crippen molar-refractivity contribution in [3.05, 3.63) is 58.4 Å². The molecule has 112 valence electrons. The molecule has 1 heterocycles. The van der Waals surface area contributed by atoms with Gasteiger partial charge in [-0.1, -0.05) is 17.7 Å². The molecular formula is C17H15ClN2OS. The molecule has 0 spiro atoms. The zero-order valence-electron chi connectivity index (χ0n) is 12.3. The maximum atomic E-state index is 6.00. The highest BCUT2D eigenvalue weighted by Crippen LogP contribution is 2.33. The van der Waals surface area contributed by atoms with E-state index in [1.165, 1.54) is 0 Å². The van der Waals surface area contributed by atoms with E-state index >= 15 is 0 Å². The van der Waals surface area contributed by atoms with Gasteiger partial charge in [0.15, 0.2) is 5.13 Å². The molecule has 3 rings (SSSR count). The number of hydrogen-bond acceptors (Lipinski definition) is 4. The summed E-state index contributed by atoms with van der Waals surface area (Å²) >= 11 is 7.63. The summed E-state index contributed by atoms with van der Waals surface area (Å²) in [7, 11) is 1.66. The third-order valence-corrected chi connectivity index (χ3v) is 4.36. The largest absolute Gasteiger partial charge is 0.497 e. The van der Waals surface area contributed by atoms with Crippen molar-refractivity contribution in [2.75, 3.05) is 12.4 Å². The van der Waals surface area contributed by atoms with E-state index in [1.54, 1.807) is 18.4 Å². The Morgan fingerprint density at radius 3 is 2.59 bits per heavy atom. The first-order valence-electron chi connectivity index (χ1n) is 6.80. The van der Waals surface area contributed by atoms with Crippen molar-refractivity contribution < 1.29 is 4.74 Å². The first-order chi connectivity index (χ1) is 10.7. The lowest BCUT2D eigenvalue weighted by atomic mass is 10.1. The minimum absolute atomic E-state index is 0.702. The van der Waals surface area contributed by atoms with Gasteiger partial charge in [-0.25, -0.2) is 4.98 Å². The van der Waals surface area contributed by atoms with E-state index in [0.29, 0.717) is 5.02 Å². The standard InChI is InChI=1S/C17H15ClN2OS/c1-11-16(12-6-8-15(21-2)9-7-12)20-17(22-11)19-14-5-3-4-13(18)10-14/h3-10H,1-2H3,(H,19,20). The SMILES string of the molecule is COc1ccc(-c2nc(Nc3cccc(Cl)c3)sc2C)cc1. The lowest BCUT2D eigenvalue weighted by Gasteiger charge is -2.03. The molecule has 1 N–H and O–H groups in total. The second kappa shape index (κ2) is 6.38. The second-order valence-corrected chi connectivity index (χ2v) is 6.43. The van der Waals surface area contributed by atoms with Crippen molar-refractivity contribution in [2.45, 2.75) is 6.92 Å². The molecule has 0 bridgehead atoms. The number of halogens is 1. The van der Waals surface area contributed by atoms with Crippen molar-refractivity contribution in [3.8, 4) is 17.0 Å². The number of aromatic nitrogens is 1. The van der Waals surface area contributed by atoms with E-state index < -0.39 is 0 Å². The average molecular weight is 331 g/mol. The first kappa shape index (κ1) is 14.9. The molecule has 3 nitrogen and oxygen atoms in total. The molecule has 1 aromatic heterocycles. The number of thiazole rings is 1. The molecule has 0 atom stereocenters. The summed E-state index contributed by atoms with van der Waals surface area (Å²) in [6.45, 7) is 2.07. The van der Waals surface area contributed by atoms with E-state index in [4.69, 9.17) is 16.3 Å². The van der Waals surface area contributed by atoms with E-state index in [-0.39, 0.29) is 0 Å². The Labute approximate surface area is 138 Å². The maximum absolute atomic E-state index is 6.00. The number of hydrogen-bond donors (Lipinski definition) is 1. The van der Waals surface area contributed by atoms with Crippen LogP contribution in [0.15, 0.2) is 48.5 Å². The van der Waals surface area contributed by atoms with Gasteiger partial charge >= 0.3 is 0 Å². The normalized spacial score (nSPS) is 10.5. The summed E-state index contributed by atoms with van der Waals surface area (Å²) in [5.74, 6) is 0.842. The van der Waals surface area contributed by atoms with Crippen LogP contribution in [0.4, 0.5) is 10.8 Å². The van der Waals surface area contributed by atoms with Crippen LogP contribution in [0, 0.1) is 6.92 Å². The fourth-order valence-corrected chi connectivity index (χ4v) is 3.20. The van der Waals surface area contributed by atoms with Crippen LogP contribution in [0.2, 0.25) is 5.02 Å². The summed E-state index contributed by atoms with van der Waals surface area (Å²) in [5, 5.41) is 4.85. The minimum Gasteiger partial charge on any atom is -0.497 e. The predicted octanol–water partition coefficient (Wildman–Crippen LogP) is 5.52. The number of aryl methyl sites for hydroxylation is 1. The fourth-order valence-electron chi connectivity index (χ4n) is 2.16. The molecule has 3 aromatic rings. The summed E-state index contributed by atoms with van der Waals surface area (Å²) in [4.78, 5) is 5.85. The number of nitrogens with one attached hydrogen (secondary N) is 1. The van der Waals surface area contributed by atoms with Crippen molar-refractivity contribution >= 4 is 33.8 Å². The quantitative estimate of drug-likeness (QED) is 0.683. The average Bonchev–Trinajstić information content (AvgIpc) is 2.88. The first-order valence-corrected chi connectivity index (χ1v) is 7.99. The Morgan fingerprint density at radius 2 is 1.91 bits per heavy atom. The Bertz CT molecular complexity index is 784. The highest BCUT2D eigenvalue weighted by molar-refractivity contribution is 7.16. The van der Waals surface area contributed by atoms with Crippen LogP contribution < -0.4 is 10.1 Å². The molecule has 0 saturated carbocycles. The maximum Gasteiger partial charge on any atom is 0.187 e. The number of ether oxygens (including phenoxy) is 1. The number of rotatable bonds is 4. The predicted molar refractivity (Wildman–Crippen MR) is 93.6 cm³/mol. The van der Waals surface area contributed by atoms with Gasteiger partial charge in [0, 0.05) is 21.2 Å². The summed E-state index contributed by atoms with van der Waals surface area (Å²) < 4.78 is 5.19. The van der Waals surface area contributed by atoms with Crippen LogP contribution in [0.25, 0.3) is 11.3 Å². The molecule has 0 amide bonds. The molecular weight excluding hydrogens is 316 g/mol. The molecule has 0 aliphatic heterocycles. The third kappa shape index (κ3) is 3.24. The summed E-state index contributed by atoms with van der Waals surface area (Å²) in [6.07, 6.45) is 0. The Balaban J connectivity index is 1.86. The molecule has 5 heteroatoms. The van der Waals surface area contributed by atoms with Crippen LogP contribution in [0.5, 0.6) is 5.75 Å². The van der Waals surface area contributed by atoms with Gasteiger partial charge in [-0.15, -0.1) is 11.3 Å². The highest BCUT2D eigenvalue weighted by Gasteiger charge is 2.10. The monoisotopic (exact) mass is 330 g/mol. The van der Waals surface area contributed by atoms with Crippen LogP contribution in [-0.2, 0) is 0 Å². The number of anilines is 2. The Morgan fingerprint density at radius 1 is 1.14 bits per heavy atom. The molecule has 22 heavy (non-hydrogen) atoms. The zero-order chi connectivity index (χ0) is 15.5. The van der Waals surface area contributed by atoms with Gasteiger partial charge in [0.1, 0.15) is 5.75 Å². The summed E-state index contributed by atoms with van der Waals surface area (Å²) in [5.41, 5.74) is 2.99. The van der Waals surface area contributed by atoms with Gasteiger partial charge in [0.25, 0.3) is 0 Å². The fraction of sp³-hybridized carbons (Fsp3) is 0.118. The molecule has 0 radical (unpaired) electrons. The zero-order valence-corrected chi connectivity index (χ0v) is 13.8. The molecule has 0 aliphatic rings. The number of nitrogens with zero attached hydrogens (tertiary/aromatic N) is 1. The van der Waals surface area contributed by atoms with Crippen LogP contribution >= 0.6 is 22.9 Å². The lowest BCUT2D eigenvalue weighted by Crippen LogP contribution is -1.89. The van der Waals surface area contributed by atoms with Crippen molar-refractivity contribution in [3.63, 3.8) is 0 Å². The molecule has 0 fully saturated rings. The van der Waals surface area contributed by atoms with Crippen molar-refractivity contribution in [2.24, 2.45) is 0 Å². The molecule has 0 saturated heterocycles. The van der Waals surface area contributed by atoms with Gasteiger partial charge in [-0.3, -0.25) is 0 Å². The van der Waals surface area contributed by atoms with Gasteiger partial charge in [-0.2, -0.15) is 0 Å². The number of benzene rings is 2. The van der Waals surface area contributed by atoms with Gasteiger partial charge in [-0.05, 0) is 49.4 Å². The van der Waals surface area contributed by atoms with Gasteiger partial charge < -0.3 is 10.1 Å². The van der Waals surface area contributed by atoms with E-state index in [2.05, 4.69) is 17.2 Å². The smallest absolute Gasteiger partial charge is 0.187 e.